The first-order valence-corrected chi connectivity index (χ1v) is 8.03. The molecule has 0 aliphatic carbocycles. The first-order chi connectivity index (χ1) is 12.1. The fraction of sp³-hybridized carbons (Fsp3) is 0.353. The maximum Gasteiger partial charge on any atom is 0.409 e. The molecule has 2 N–H and O–H groups in total. The number of hydrogen-bond acceptors (Lipinski definition) is 5. The third kappa shape index (κ3) is 5.42. The maximum atomic E-state index is 12.1. The number of para-hydroxylation sites is 1. The van der Waals surface area contributed by atoms with E-state index in [2.05, 4.69) is 10.6 Å². The Morgan fingerprint density at radius 2 is 1.84 bits per heavy atom. The van der Waals surface area contributed by atoms with Gasteiger partial charge in [0.1, 0.15) is 5.82 Å². The standard InChI is InChI=1S/C17H21N5O3/c1-2-25-17(24)22-12-10-21(11-13-22)15(8-9-18)20-16(23)19-14-6-4-3-5-7-14/h3-8H,2,10-13H2,1H3,(H2,19,20,23)/b15-8-. The van der Waals surface area contributed by atoms with E-state index >= 15 is 0 Å². The smallest absolute Gasteiger partial charge is 0.409 e. The lowest BCUT2D eigenvalue weighted by Gasteiger charge is -2.36. The summed E-state index contributed by atoms with van der Waals surface area (Å²) in [5.74, 6) is 0.402. The van der Waals surface area contributed by atoms with Gasteiger partial charge in [-0.05, 0) is 19.1 Å². The van der Waals surface area contributed by atoms with Crippen molar-refractivity contribution >= 4 is 17.8 Å². The summed E-state index contributed by atoms with van der Waals surface area (Å²) in [6.45, 7) is 4.01. The summed E-state index contributed by atoms with van der Waals surface area (Å²) in [7, 11) is 0. The third-order valence-electron chi connectivity index (χ3n) is 3.62. The number of carbonyl (C=O) groups excluding carboxylic acids is 2. The largest absolute Gasteiger partial charge is 0.450 e. The number of nitrogens with one attached hydrogen (secondary N) is 2. The number of nitrogens with zero attached hydrogens (tertiary/aromatic N) is 3. The first-order valence-electron chi connectivity index (χ1n) is 8.03. The van der Waals surface area contributed by atoms with Gasteiger partial charge in [-0.25, -0.2) is 9.59 Å². The number of hydrogen-bond donors (Lipinski definition) is 2. The van der Waals surface area contributed by atoms with E-state index in [9.17, 15) is 9.59 Å². The van der Waals surface area contributed by atoms with Crippen molar-refractivity contribution in [3.63, 3.8) is 0 Å². The molecular formula is C17H21N5O3. The van der Waals surface area contributed by atoms with Crippen LogP contribution in [-0.2, 0) is 4.74 Å². The number of urea groups is 1. The van der Waals surface area contributed by atoms with Crippen molar-refractivity contribution in [2.24, 2.45) is 0 Å². The van der Waals surface area contributed by atoms with Gasteiger partial charge in [0.2, 0.25) is 0 Å². The van der Waals surface area contributed by atoms with Crippen LogP contribution in [0, 0.1) is 11.3 Å². The molecule has 0 bridgehead atoms. The number of ether oxygens (including phenoxy) is 1. The molecule has 1 saturated heterocycles. The monoisotopic (exact) mass is 343 g/mol. The van der Waals surface area contributed by atoms with Crippen LogP contribution in [0.2, 0.25) is 0 Å². The van der Waals surface area contributed by atoms with Gasteiger partial charge in [0.25, 0.3) is 0 Å². The van der Waals surface area contributed by atoms with Crippen LogP contribution < -0.4 is 10.6 Å². The van der Waals surface area contributed by atoms with Crippen molar-refractivity contribution in [2.75, 3.05) is 38.1 Å². The van der Waals surface area contributed by atoms with Crippen LogP contribution in [0.3, 0.4) is 0 Å². The summed E-state index contributed by atoms with van der Waals surface area (Å²) in [6, 6.07) is 10.5. The van der Waals surface area contributed by atoms with E-state index in [0.29, 0.717) is 44.3 Å². The number of rotatable bonds is 4. The molecule has 0 unspecified atom stereocenters. The number of amides is 3. The summed E-state index contributed by atoms with van der Waals surface area (Å²) in [4.78, 5) is 27.3. The second-order valence-electron chi connectivity index (χ2n) is 5.28. The van der Waals surface area contributed by atoms with E-state index in [-0.39, 0.29) is 6.09 Å². The number of carbonyl (C=O) groups is 2. The predicted octanol–water partition coefficient (Wildman–Crippen LogP) is 1.95. The molecule has 25 heavy (non-hydrogen) atoms. The highest BCUT2D eigenvalue weighted by molar-refractivity contribution is 5.90. The van der Waals surface area contributed by atoms with Crippen LogP contribution in [0.5, 0.6) is 0 Å². The van der Waals surface area contributed by atoms with Gasteiger partial charge < -0.3 is 19.9 Å². The van der Waals surface area contributed by atoms with E-state index in [1.165, 1.54) is 6.08 Å². The van der Waals surface area contributed by atoms with E-state index in [0.717, 1.165) is 0 Å². The maximum absolute atomic E-state index is 12.1. The minimum Gasteiger partial charge on any atom is -0.450 e. The molecule has 0 spiro atoms. The Kier molecular flexibility index (Phi) is 6.65. The zero-order valence-electron chi connectivity index (χ0n) is 14.1. The Morgan fingerprint density at radius 1 is 1.20 bits per heavy atom. The molecular weight excluding hydrogens is 322 g/mol. The van der Waals surface area contributed by atoms with E-state index < -0.39 is 6.03 Å². The lowest BCUT2D eigenvalue weighted by Crippen LogP contribution is -2.51. The van der Waals surface area contributed by atoms with Crippen LogP contribution in [0.1, 0.15) is 6.92 Å². The molecule has 1 heterocycles. The zero-order valence-corrected chi connectivity index (χ0v) is 14.1. The molecule has 2 rings (SSSR count). The fourth-order valence-corrected chi connectivity index (χ4v) is 2.41. The molecule has 8 nitrogen and oxygen atoms in total. The van der Waals surface area contributed by atoms with Gasteiger partial charge in [0, 0.05) is 31.9 Å². The van der Waals surface area contributed by atoms with Gasteiger partial charge in [-0.15, -0.1) is 0 Å². The number of anilines is 1. The Labute approximate surface area is 146 Å². The molecule has 1 aromatic rings. The van der Waals surface area contributed by atoms with Gasteiger partial charge in [-0.3, -0.25) is 5.32 Å². The molecule has 1 aromatic carbocycles. The fourth-order valence-electron chi connectivity index (χ4n) is 2.41. The second-order valence-corrected chi connectivity index (χ2v) is 5.28. The number of benzene rings is 1. The average molecular weight is 343 g/mol. The number of nitriles is 1. The number of allylic oxidation sites excluding steroid dienone is 1. The van der Waals surface area contributed by atoms with E-state index in [1.807, 2.05) is 29.2 Å². The highest BCUT2D eigenvalue weighted by atomic mass is 16.6. The van der Waals surface area contributed by atoms with Crippen LogP contribution in [0.15, 0.2) is 42.2 Å². The molecule has 1 fully saturated rings. The Morgan fingerprint density at radius 3 is 2.44 bits per heavy atom. The van der Waals surface area contributed by atoms with Crippen molar-refractivity contribution in [1.29, 1.82) is 5.26 Å². The summed E-state index contributed by atoms with van der Waals surface area (Å²) >= 11 is 0. The van der Waals surface area contributed by atoms with Crippen molar-refractivity contribution < 1.29 is 14.3 Å². The number of piperazine rings is 1. The molecule has 1 aliphatic rings. The first kappa shape index (κ1) is 18.1. The van der Waals surface area contributed by atoms with Gasteiger partial charge in [0.15, 0.2) is 0 Å². The normalized spacial score (nSPS) is 14.5. The van der Waals surface area contributed by atoms with Crippen LogP contribution >= 0.6 is 0 Å². The van der Waals surface area contributed by atoms with Crippen LogP contribution in [0.4, 0.5) is 15.3 Å². The summed E-state index contributed by atoms with van der Waals surface area (Å²) in [5, 5.41) is 14.4. The molecule has 132 valence electrons. The topological polar surface area (TPSA) is 97.7 Å². The van der Waals surface area contributed by atoms with Crippen LogP contribution in [0.25, 0.3) is 0 Å². The molecule has 0 saturated carbocycles. The predicted molar refractivity (Wildman–Crippen MR) is 92.5 cm³/mol. The van der Waals surface area contributed by atoms with E-state index in [1.54, 1.807) is 24.0 Å². The van der Waals surface area contributed by atoms with Crippen LogP contribution in [-0.4, -0.2) is 54.7 Å². The van der Waals surface area contributed by atoms with Gasteiger partial charge in [-0.1, -0.05) is 18.2 Å². The Bertz CT molecular complexity index is 661. The quantitative estimate of drug-likeness (QED) is 0.814. The van der Waals surface area contributed by atoms with Gasteiger partial charge >= 0.3 is 12.1 Å². The minimum atomic E-state index is -0.430. The van der Waals surface area contributed by atoms with Crippen molar-refractivity contribution in [3.8, 4) is 6.07 Å². The average Bonchev–Trinajstić information content (AvgIpc) is 2.62. The Balaban J connectivity index is 1.91. The highest BCUT2D eigenvalue weighted by Gasteiger charge is 2.23. The zero-order chi connectivity index (χ0) is 18.1. The SMILES string of the molecule is CCOC(=O)N1CCN(/C(=C\C#N)NC(=O)Nc2ccccc2)CC1. The lowest BCUT2D eigenvalue weighted by molar-refractivity contribution is 0.0857. The summed E-state index contributed by atoms with van der Waals surface area (Å²) in [5.41, 5.74) is 0.656. The summed E-state index contributed by atoms with van der Waals surface area (Å²) in [6.07, 6.45) is 0.938. The second kappa shape index (κ2) is 9.17. The lowest BCUT2D eigenvalue weighted by atomic mass is 10.3. The van der Waals surface area contributed by atoms with Crippen molar-refractivity contribution in [2.45, 2.75) is 6.92 Å². The van der Waals surface area contributed by atoms with Gasteiger partial charge in [0.05, 0.1) is 18.8 Å². The van der Waals surface area contributed by atoms with Gasteiger partial charge in [-0.2, -0.15) is 5.26 Å². The molecule has 0 radical (unpaired) electrons. The molecule has 8 heteroatoms. The molecule has 3 amide bonds. The third-order valence-corrected chi connectivity index (χ3v) is 3.62. The Hall–Kier alpha value is -3.21. The minimum absolute atomic E-state index is 0.333. The molecule has 0 aromatic heterocycles. The molecule has 1 aliphatic heterocycles. The highest BCUT2D eigenvalue weighted by Crippen LogP contribution is 2.10. The van der Waals surface area contributed by atoms with Crippen molar-refractivity contribution in [3.05, 3.63) is 42.2 Å². The molecule has 0 atom stereocenters. The van der Waals surface area contributed by atoms with Crippen molar-refractivity contribution in [1.82, 2.24) is 15.1 Å². The summed E-state index contributed by atoms with van der Waals surface area (Å²) < 4.78 is 4.98. The van der Waals surface area contributed by atoms with E-state index in [4.69, 9.17) is 10.00 Å².